The maximum absolute atomic E-state index is 9.81. The van der Waals surface area contributed by atoms with Gasteiger partial charge in [-0.1, -0.05) is 0 Å². The summed E-state index contributed by atoms with van der Waals surface area (Å²) >= 11 is 0. The summed E-state index contributed by atoms with van der Waals surface area (Å²) in [5.74, 6) is -2.09. The smallest absolute Gasteiger partial charge is 0.310 e. The van der Waals surface area contributed by atoms with Crippen molar-refractivity contribution in [3.05, 3.63) is 0 Å². The zero-order valence-electron chi connectivity index (χ0n) is 8.31. The molecule has 0 spiro atoms. The molecule has 6 nitrogen and oxygen atoms in total. The molecule has 0 aromatic carbocycles. The molecule has 0 aliphatic carbocycles. The van der Waals surface area contributed by atoms with E-state index in [9.17, 15) is 14.4 Å². The van der Waals surface area contributed by atoms with Gasteiger partial charge in [-0.15, -0.1) is 0 Å². The van der Waals surface area contributed by atoms with Gasteiger partial charge in [0.25, 0.3) is 0 Å². The molecule has 82 valence electrons. The fourth-order valence-corrected chi connectivity index (χ4v) is 0.455. The Morgan fingerprint density at radius 1 is 1.21 bits per heavy atom. The maximum Gasteiger partial charge on any atom is 0.310 e. The van der Waals surface area contributed by atoms with E-state index in [4.69, 9.17) is 10.2 Å². The highest BCUT2D eigenvalue weighted by Crippen LogP contribution is 1.85. The average molecular weight is 206 g/mol. The predicted molar refractivity (Wildman–Crippen MR) is 46.4 cm³/mol. The SMILES string of the molecule is CC(=O)OC(C)=O.CC(O)CC(=O)O. The van der Waals surface area contributed by atoms with E-state index in [0.29, 0.717) is 0 Å². The second-order valence-electron chi connectivity index (χ2n) is 2.53. The minimum Gasteiger partial charge on any atom is -0.481 e. The van der Waals surface area contributed by atoms with Crippen LogP contribution in [0.15, 0.2) is 0 Å². The molecule has 0 rings (SSSR count). The summed E-state index contributed by atoms with van der Waals surface area (Å²) in [4.78, 5) is 29.3. The summed E-state index contributed by atoms with van der Waals surface area (Å²) in [5, 5.41) is 16.3. The van der Waals surface area contributed by atoms with Crippen molar-refractivity contribution >= 4 is 17.9 Å². The van der Waals surface area contributed by atoms with Crippen molar-refractivity contribution in [1.82, 2.24) is 0 Å². The first-order valence-electron chi connectivity index (χ1n) is 3.84. The van der Waals surface area contributed by atoms with Crippen molar-refractivity contribution in [3.8, 4) is 0 Å². The minimum absolute atomic E-state index is 0.167. The summed E-state index contributed by atoms with van der Waals surface area (Å²) in [6.07, 6.45) is -0.891. The molecular weight excluding hydrogens is 192 g/mol. The molecule has 0 aromatic heterocycles. The number of aliphatic carboxylic acids is 1. The number of hydrogen-bond acceptors (Lipinski definition) is 5. The first kappa shape index (κ1) is 15.1. The lowest BCUT2D eigenvalue weighted by Gasteiger charge is -1.94. The zero-order chi connectivity index (χ0) is 11.7. The van der Waals surface area contributed by atoms with Crippen LogP contribution < -0.4 is 0 Å². The van der Waals surface area contributed by atoms with Gasteiger partial charge in [-0.05, 0) is 6.92 Å². The molecule has 0 saturated heterocycles. The molecule has 6 heteroatoms. The molecular formula is C8H14O6. The quantitative estimate of drug-likeness (QED) is 0.484. The Morgan fingerprint density at radius 2 is 1.57 bits per heavy atom. The number of carboxylic acids is 1. The van der Waals surface area contributed by atoms with Gasteiger partial charge in [0.05, 0.1) is 12.5 Å². The highest BCUT2D eigenvalue weighted by atomic mass is 16.6. The van der Waals surface area contributed by atoms with Crippen LogP contribution in [0.25, 0.3) is 0 Å². The first-order valence-corrected chi connectivity index (χ1v) is 3.84. The topological polar surface area (TPSA) is 101 Å². The summed E-state index contributed by atoms with van der Waals surface area (Å²) in [6, 6.07) is 0. The number of esters is 2. The van der Waals surface area contributed by atoms with Crippen LogP contribution in [0.3, 0.4) is 0 Å². The van der Waals surface area contributed by atoms with Crippen LogP contribution in [-0.2, 0) is 19.1 Å². The summed E-state index contributed by atoms with van der Waals surface area (Å²) in [7, 11) is 0. The third-order valence-corrected chi connectivity index (χ3v) is 0.757. The fourth-order valence-electron chi connectivity index (χ4n) is 0.455. The molecule has 0 fully saturated rings. The Bertz CT molecular complexity index is 196. The molecule has 0 aromatic rings. The van der Waals surface area contributed by atoms with E-state index in [0.717, 1.165) is 0 Å². The number of rotatable bonds is 2. The third kappa shape index (κ3) is 22.4. The lowest BCUT2D eigenvalue weighted by Crippen LogP contribution is -2.07. The summed E-state index contributed by atoms with van der Waals surface area (Å²) in [5.41, 5.74) is 0. The van der Waals surface area contributed by atoms with E-state index < -0.39 is 24.0 Å². The highest BCUT2D eigenvalue weighted by Gasteiger charge is 2.00. The maximum atomic E-state index is 9.81. The molecule has 0 radical (unpaired) electrons. The second kappa shape index (κ2) is 8.18. The summed E-state index contributed by atoms with van der Waals surface area (Å²) in [6.45, 7) is 3.80. The number of carbonyl (C=O) groups excluding carboxylic acids is 2. The van der Waals surface area contributed by atoms with Gasteiger partial charge in [-0.2, -0.15) is 0 Å². The van der Waals surface area contributed by atoms with Crippen LogP contribution in [0.2, 0.25) is 0 Å². The molecule has 1 unspecified atom stereocenters. The highest BCUT2D eigenvalue weighted by molar-refractivity contribution is 5.82. The standard InChI is InChI=1S/C4H6O3.C4H8O3/c1-3(5)7-4(2)6;1-3(5)2-4(6)7/h1-2H3;3,5H,2H2,1H3,(H,6,7). The van der Waals surface area contributed by atoms with Gasteiger partial charge in [0.1, 0.15) is 0 Å². The van der Waals surface area contributed by atoms with Crippen molar-refractivity contribution < 1.29 is 29.3 Å². The Morgan fingerprint density at radius 3 is 1.57 bits per heavy atom. The Kier molecular flexibility index (Phi) is 8.80. The first-order chi connectivity index (χ1) is 6.25. The molecule has 0 aliphatic heterocycles. The number of ether oxygens (including phenoxy) is 1. The van der Waals surface area contributed by atoms with E-state index in [1.807, 2.05) is 0 Å². The number of carbonyl (C=O) groups is 3. The lowest BCUT2D eigenvalue weighted by molar-refractivity contribution is -0.156. The largest absolute Gasteiger partial charge is 0.481 e. The average Bonchev–Trinajstić information content (AvgIpc) is 1.79. The predicted octanol–water partition coefficient (Wildman–Crippen LogP) is -0.0621. The van der Waals surface area contributed by atoms with Gasteiger partial charge in [-0.3, -0.25) is 14.4 Å². The molecule has 0 heterocycles. The molecule has 0 bridgehead atoms. The van der Waals surface area contributed by atoms with E-state index in [1.165, 1.54) is 20.8 Å². The number of aliphatic hydroxyl groups excluding tert-OH is 1. The van der Waals surface area contributed by atoms with E-state index >= 15 is 0 Å². The van der Waals surface area contributed by atoms with Crippen LogP contribution in [0.5, 0.6) is 0 Å². The van der Waals surface area contributed by atoms with Crippen molar-refractivity contribution in [3.63, 3.8) is 0 Å². The van der Waals surface area contributed by atoms with Crippen LogP contribution in [0.1, 0.15) is 27.2 Å². The van der Waals surface area contributed by atoms with Gasteiger partial charge in [0.2, 0.25) is 0 Å². The number of aliphatic hydroxyl groups is 1. The molecule has 2 N–H and O–H groups in total. The van der Waals surface area contributed by atoms with Crippen LogP contribution in [-0.4, -0.2) is 34.2 Å². The van der Waals surface area contributed by atoms with Crippen molar-refractivity contribution in [1.29, 1.82) is 0 Å². The zero-order valence-corrected chi connectivity index (χ0v) is 8.31. The lowest BCUT2D eigenvalue weighted by atomic mass is 10.3. The molecule has 14 heavy (non-hydrogen) atoms. The summed E-state index contributed by atoms with van der Waals surface area (Å²) < 4.78 is 3.97. The molecule has 1 atom stereocenters. The van der Waals surface area contributed by atoms with E-state index in [-0.39, 0.29) is 6.42 Å². The van der Waals surface area contributed by atoms with Crippen molar-refractivity contribution in [2.75, 3.05) is 0 Å². The Hall–Kier alpha value is -1.43. The van der Waals surface area contributed by atoms with Crippen LogP contribution in [0, 0.1) is 0 Å². The molecule has 0 aliphatic rings. The fraction of sp³-hybridized carbons (Fsp3) is 0.625. The minimum atomic E-state index is -0.963. The van der Waals surface area contributed by atoms with Gasteiger partial charge >= 0.3 is 17.9 Å². The van der Waals surface area contributed by atoms with Crippen molar-refractivity contribution in [2.45, 2.75) is 33.3 Å². The Labute approximate surface area is 81.5 Å². The van der Waals surface area contributed by atoms with Gasteiger partial charge in [-0.25, -0.2) is 0 Å². The van der Waals surface area contributed by atoms with Gasteiger partial charge < -0.3 is 14.9 Å². The monoisotopic (exact) mass is 206 g/mol. The van der Waals surface area contributed by atoms with Gasteiger partial charge in [0, 0.05) is 13.8 Å². The van der Waals surface area contributed by atoms with Gasteiger partial charge in [0.15, 0.2) is 0 Å². The Balaban J connectivity index is 0. The second-order valence-corrected chi connectivity index (χ2v) is 2.53. The number of hydrogen-bond donors (Lipinski definition) is 2. The molecule has 0 amide bonds. The van der Waals surface area contributed by atoms with E-state index in [1.54, 1.807) is 0 Å². The van der Waals surface area contributed by atoms with Crippen molar-refractivity contribution in [2.24, 2.45) is 0 Å². The number of carboxylic acid groups (broad SMARTS) is 1. The van der Waals surface area contributed by atoms with Crippen LogP contribution >= 0.6 is 0 Å². The molecule has 0 saturated carbocycles. The third-order valence-electron chi connectivity index (χ3n) is 0.757. The normalized spacial score (nSPS) is 10.6. The van der Waals surface area contributed by atoms with E-state index in [2.05, 4.69) is 4.74 Å². The van der Waals surface area contributed by atoms with Crippen LogP contribution in [0.4, 0.5) is 0 Å².